The zero-order valence-corrected chi connectivity index (χ0v) is 25.9. The Morgan fingerprint density at radius 1 is 1.16 bits per heavy atom. The largest absolute Gasteiger partial charge is 0.462 e. The molecule has 11 heteroatoms. The summed E-state index contributed by atoms with van der Waals surface area (Å²) in [5, 5.41) is 11.9. The summed E-state index contributed by atoms with van der Waals surface area (Å²) in [4.78, 5) is 30.2. The summed E-state index contributed by atoms with van der Waals surface area (Å²) in [6.45, 7) is 8.24. The Hall–Kier alpha value is -4.30. The molecular weight excluding hydrogens is 576 g/mol. The number of nitriles is 1. The summed E-state index contributed by atoms with van der Waals surface area (Å²) < 4.78 is 34.3. The van der Waals surface area contributed by atoms with Gasteiger partial charge in [-0.3, -0.25) is 9.69 Å². The van der Waals surface area contributed by atoms with Crippen molar-refractivity contribution in [2.24, 2.45) is 0 Å². The fourth-order valence-electron chi connectivity index (χ4n) is 7.04. The van der Waals surface area contributed by atoms with Crippen LogP contribution in [0.15, 0.2) is 49.1 Å². The number of piperazine rings is 1. The van der Waals surface area contributed by atoms with E-state index in [1.165, 1.54) is 22.4 Å². The number of amides is 1. The molecule has 6 rings (SSSR count). The number of rotatable bonds is 7. The molecule has 2 saturated heterocycles. The second-order valence-electron chi connectivity index (χ2n) is 12.4. The Bertz CT molecular complexity index is 1640. The average molecular weight is 616 g/mol. The maximum absolute atomic E-state index is 14.1. The zero-order valence-electron chi connectivity index (χ0n) is 25.9. The first-order valence-electron chi connectivity index (χ1n) is 15.6. The number of aryl methyl sites for hydroxylation is 1. The summed E-state index contributed by atoms with van der Waals surface area (Å²) in [6.07, 6.45) is 2.82. The molecule has 236 valence electrons. The van der Waals surface area contributed by atoms with Gasteiger partial charge in [0, 0.05) is 55.3 Å². The van der Waals surface area contributed by atoms with Gasteiger partial charge in [-0.2, -0.15) is 15.2 Å². The molecule has 0 aliphatic carbocycles. The molecule has 1 amide bonds. The van der Waals surface area contributed by atoms with Gasteiger partial charge in [0.1, 0.15) is 12.4 Å². The lowest BCUT2D eigenvalue weighted by molar-refractivity contribution is -0.128. The maximum atomic E-state index is 14.1. The van der Waals surface area contributed by atoms with Gasteiger partial charge in [-0.05, 0) is 49.9 Å². The van der Waals surface area contributed by atoms with Gasteiger partial charge in [0.05, 0.1) is 37.3 Å². The highest BCUT2D eigenvalue weighted by molar-refractivity contribution is 5.97. The number of carbonyl (C=O) groups excluding carboxylic acids is 1. The van der Waals surface area contributed by atoms with Crippen LogP contribution in [0.3, 0.4) is 0 Å². The predicted molar refractivity (Wildman–Crippen MR) is 170 cm³/mol. The van der Waals surface area contributed by atoms with Crippen LogP contribution in [-0.2, 0) is 17.8 Å². The molecule has 0 N–H and O–H groups in total. The average Bonchev–Trinajstić information content (AvgIpc) is 3.15. The normalized spacial score (nSPS) is 21.7. The molecule has 3 aliphatic heterocycles. The minimum atomic E-state index is -2.75. The first-order valence-corrected chi connectivity index (χ1v) is 15.6. The molecule has 0 saturated carbocycles. The molecule has 0 bridgehead atoms. The number of fused-ring (bicyclic) bond motifs is 2. The van der Waals surface area contributed by atoms with Crippen molar-refractivity contribution in [3.8, 4) is 12.1 Å². The van der Waals surface area contributed by atoms with E-state index in [9.17, 15) is 18.8 Å². The molecule has 0 radical (unpaired) electrons. The smallest absolute Gasteiger partial charge is 0.318 e. The fourth-order valence-corrected chi connectivity index (χ4v) is 7.04. The van der Waals surface area contributed by atoms with Crippen LogP contribution in [0.25, 0.3) is 10.8 Å². The third kappa shape index (κ3) is 6.29. The van der Waals surface area contributed by atoms with Crippen LogP contribution in [-0.4, -0.2) is 90.1 Å². The van der Waals surface area contributed by atoms with Crippen molar-refractivity contribution in [1.29, 1.82) is 5.26 Å². The summed E-state index contributed by atoms with van der Waals surface area (Å²) in [6, 6.07) is 14.3. The standard InChI is InChI=1S/C34H39F2N7O2/c1-4-30(44)43-17-16-42(19-25(43)13-14-37)32-27-11-7-15-41(29-12-6-10-24-9-5-8-23(2)31(24)29)20-28(27)38-33(39-32)45-21-26-18-34(35,36)22-40(26)3/h4-6,8-10,12,25-26H,1,7,11,13,15-22H2,2-3H3/t25?,26-/m0/s1. The molecule has 1 aromatic heterocycles. The number of likely N-dealkylation sites (tertiary alicyclic amines) is 1. The minimum absolute atomic E-state index is 0.0508. The van der Waals surface area contributed by atoms with Crippen molar-refractivity contribution in [3.05, 3.63) is 65.9 Å². The van der Waals surface area contributed by atoms with Gasteiger partial charge in [-0.25, -0.2) is 8.78 Å². The summed E-state index contributed by atoms with van der Waals surface area (Å²) in [7, 11) is 1.68. The lowest BCUT2D eigenvalue weighted by Crippen LogP contribution is -2.55. The SMILES string of the molecule is C=CC(=O)N1CCN(c2nc(OC[C@@H]3CC(F)(F)CN3C)nc3c2CCCN(c2cccc4cccc(C)c24)C3)CC1CC#N. The minimum Gasteiger partial charge on any atom is -0.462 e. The molecule has 2 aromatic carbocycles. The second-order valence-corrected chi connectivity index (χ2v) is 12.4. The molecule has 3 aromatic rings. The van der Waals surface area contributed by atoms with Crippen molar-refractivity contribution in [2.75, 3.05) is 56.2 Å². The number of nitrogens with zero attached hydrogens (tertiary/aromatic N) is 7. The van der Waals surface area contributed by atoms with Gasteiger partial charge in [-0.1, -0.05) is 36.9 Å². The van der Waals surface area contributed by atoms with E-state index in [2.05, 4.69) is 65.8 Å². The molecule has 2 atom stereocenters. The first-order chi connectivity index (χ1) is 21.7. The van der Waals surface area contributed by atoms with Crippen LogP contribution in [0.2, 0.25) is 0 Å². The van der Waals surface area contributed by atoms with Crippen molar-refractivity contribution >= 4 is 28.2 Å². The van der Waals surface area contributed by atoms with E-state index in [0.717, 1.165) is 42.1 Å². The van der Waals surface area contributed by atoms with E-state index in [1.807, 2.05) is 0 Å². The maximum Gasteiger partial charge on any atom is 0.318 e. The molecule has 1 unspecified atom stereocenters. The van der Waals surface area contributed by atoms with Crippen molar-refractivity contribution in [2.45, 2.75) is 57.2 Å². The van der Waals surface area contributed by atoms with Gasteiger partial charge >= 0.3 is 6.01 Å². The molecule has 0 spiro atoms. The van der Waals surface area contributed by atoms with E-state index in [0.29, 0.717) is 26.2 Å². The molecule has 2 fully saturated rings. The second kappa shape index (κ2) is 12.6. The van der Waals surface area contributed by atoms with Crippen LogP contribution < -0.4 is 14.5 Å². The Morgan fingerprint density at radius 2 is 1.96 bits per heavy atom. The quantitative estimate of drug-likeness (QED) is 0.353. The number of carbonyl (C=O) groups is 1. The van der Waals surface area contributed by atoms with Gasteiger partial charge in [0.25, 0.3) is 5.92 Å². The number of likely N-dealkylation sites (N-methyl/N-ethyl adjacent to an activating group) is 1. The first kappa shape index (κ1) is 30.7. The zero-order chi connectivity index (χ0) is 31.7. The number of ether oxygens (including phenoxy) is 1. The number of benzene rings is 2. The van der Waals surface area contributed by atoms with E-state index < -0.39 is 12.0 Å². The Balaban J connectivity index is 1.36. The number of anilines is 2. The fraction of sp³-hybridized carbons (Fsp3) is 0.471. The van der Waals surface area contributed by atoms with E-state index in [4.69, 9.17) is 14.7 Å². The predicted octanol–water partition coefficient (Wildman–Crippen LogP) is 4.73. The molecule has 3 aliphatic rings. The van der Waals surface area contributed by atoms with Crippen LogP contribution in [0.1, 0.15) is 36.1 Å². The van der Waals surface area contributed by atoms with Crippen LogP contribution in [0, 0.1) is 18.3 Å². The monoisotopic (exact) mass is 615 g/mol. The van der Waals surface area contributed by atoms with E-state index >= 15 is 0 Å². The molecule has 45 heavy (non-hydrogen) atoms. The number of alkyl halides is 2. The van der Waals surface area contributed by atoms with Crippen LogP contribution in [0.4, 0.5) is 20.3 Å². The lowest BCUT2D eigenvalue weighted by atomic mass is 10.0. The Morgan fingerprint density at radius 3 is 2.69 bits per heavy atom. The van der Waals surface area contributed by atoms with E-state index in [-0.39, 0.29) is 44.0 Å². The van der Waals surface area contributed by atoms with Gasteiger partial charge in [0.2, 0.25) is 5.91 Å². The highest BCUT2D eigenvalue weighted by atomic mass is 19.3. The number of aromatic nitrogens is 2. The van der Waals surface area contributed by atoms with E-state index in [1.54, 1.807) is 16.8 Å². The van der Waals surface area contributed by atoms with Crippen molar-refractivity contribution < 1.29 is 18.3 Å². The summed E-state index contributed by atoms with van der Waals surface area (Å²) in [5.41, 5.74) is 4.20. The molecule has 4 heterocycles. The Labute approximate surface area is 262 Å². The Kier molecular flexibility index (Phi) is 8.60. The van der Waals surface area contributed by atoms with Crippen molar-refractivity contribution in [1.82, 2.24) is 19.8 Å². The summed E-state index contributed by atoms with van der Waals surface area (Å²) >= 11 is 0. The highest BCUT2D eigenvalue weighted by Gasteiger charge is 2.43. The van der Waals surface area contributed by atoms with Crippen LogP contribution in [0.5, 0.6) is 6.01 Å². The van der Waals surface area contributed by atoms with Crippen LogP contribution >= 0.6 is 0 Å². The summed E-state index contributed by atoms with van der Waals surface area (Å²) in [5.74, 6) is -2.22. The van der Waals surface area contributed by atoms with Gasteiger partial charge in [0.15, 0.2) is 0 Å². The van der Waals surface area contributed by atoms with Gasteiger partial charge in [-0.15, -0.1) is 0 Å². The highest BCUT2D eigenvalue weighted by Crippen LogP contribution is 2.36. The van der Waals surface area contributed by atoms with Gasteiger partial charge < -0.3 is 19.4 Å². The molecular formula is C34H39F2N7O2. The third-order valence-corrected chi connectivity index (χ3v) is 9.29. The number of hydrogen-bond acceptors (Lipinski definition) is 8. The van der Waals surface area contributed by atoms with Crippen molar-refractivity contribution in [3.63, 3.8) is 0 Å². The molecule has 9 nitrogen and oxygen atoms in total. The third-order valence-electron chi connectivity index (χ3n) is 9.29. The topological polar surface area (TPSA) is 88.8 Å². The lowest BCUT2D eigenvalue weighted by Gasteiger charge is -2.41. The number of hydrogen-bond donors (Lipinski definition) is 0. The number of halogens is 2.